The lowest BCUT2D eigenvalue weighted by atomic mass is 10.0. The van der Waals surface area contributed by atoms with Crippen molar-refractivity contribution in [2.45, 2.75) is 44.1 Å². The zero-order valence-corrected chi connectivity index (χ0v) is 11.1. The van der Waals surface area contributed by atoms with E-state index in [1.54, 1.807) is 6.07 Å². The number of hydrogen-bond donors (Lipinski definition) is 2. The van der Waals surface area contributed by atoms with Gasteiger partial charge in [0.25, 0.3) is 5.91 Å². The van der Waals surface area contributed by atoms with Gasteiger partial charge in [-0.3, -0.25) is 9.59 Å². The van der Waals surface area contributed by atoms with Gasteiger partial charge in [-0.1, -0.05) is 0 Å². The second kappa shape index (κ2) is 3.87. The van der Waals surface area contributed by atoms with Crippen molar-refractivity contribution in [3.8, 4) is 0 Å². The van der Waals surface area contributed by atoms with Crippen molar-refractivity contribution in [2.24, 2.45) is 11.3 Å². The second-order valence-corrected chi connectivity index (χ2v) is 6.45. The molecule has 2 N–H and O–H groups in total. The van der Waals surface area contributed by atoms with Crippen molar-refractivity contribution in [1.82, 2.24) is 5.32 Å². The third-order valence-electron chi connectivity index (χ3n) is 5.00. The molecule has 3 aliphatic carbocycles. The number of aliphatic carboxylic acids is 1. The van der Waals surface area contributed by atoms with Crippen molar-refractivity contribution in [3.05, 3.63) is 23.7 Å². The smallest absolute Gasteiger partial charge is 0.310 e. The molecule has 3 fully saturated rings. The summed E-state index contributed by atoms with van der Waals surface area (Å²) in [6, 6.07) is 3.55. The van der Waals surface area contributed by atoms with E-state index in [1.165, 1.54) is 0 Å². The summed E-state index contributed by atoms with van der Waals surface area (Å²) in [7, 11) is 0. The highest BCUT2D eigenvalue weighted by Crippen LogP contribution is 2.63. The van der Waals surface area contributed by atoms with Crippen LogP contribution in [-0.2, 0) is 4.79 Å². The van der Waals surface area contributed by atoms with Crippen LogP contribution in [0.15, 0.2) is 16.5 Å². The van der Waals surface area contributed by atoms with E-state index in [1.807, 2.05) is 6.07 Å². The van der Waals surface area contributed by atoms with Crippen LogP contribution in [0, 0.1) is 11.3 Å². The van der Waals surface area contributed by atoms with Crippen LogP contribution in [0.1, 0.15) is 54.3 Å². The van der Waals surface area contributed by atoms with Crippen LogP contribution < -0.4 is 5.32 Å². The molecule has 0 radical (unpaired) electrons. The topological polar surface area (TPSA) is 79.5 Å². The first kappa shape index (κ1) is 12.0. The maximum absolute atomic E-state index is 12.1. The molecule has 5 nitrogen and oxygen atoms in total. The van der Waals surface area contributed by atoms with Gasteiger partial charge in [0.15, 0.2) is 5.76 Å². The Morgan fingerprint density at radius 2 is 2.10 bits per heavy atom. The Bertz CT molecular complexity index is 588. The molecule has 0 unspecified atom stereocenters. The molecule has 106 valence electrons. The number of amides is 1. The summed E-state index contributed by atoms with van der Waals surface area (Å²) >= 11 is 0. The fourth-order valence-electron chi connectivity index (χ4n) is 3.58. The lowest BCUT2D eigenvalue weighted by Crippen LogP contribution is -2.34. The van der Waals surface area contributed by atoms with Crippen molar-refractivity contribution < 1.29 is 19.1 Å². The van der Waals surface area contributed by atoms with Gasteiger partial charge in [0.1, 0.15) is 5.76 Å². The average Bonchev–Trinajstić information content (AvgIpc) is 3.29. The van der Waals surface area contributed by atoms with Gasteiger partial charge in [0.2, 0.25) is 0 Å². The molecule has 0 spiro atoms. The number of nitrogens with one attached hydrogen (secondary N) is 1. The number of carboxylic acids is 1. The van der Waals surface area contributed by atoms with Gasteiger partial charge in [0, 0.05) is 12.0 Å². The number of carbonyl (C=O) groups excluding carboxylic acids is 1. The van der Waals surface area contributed by atoms with Gasteiger partial charge in [-0.05, 0) is 50.2 Å². The Morgan fingerprint density at radius 3 is 2.75 bits per heavy atom. The number of fused-ring (bicyclic) bond motifs is 1. The minimum atomic E-state index is -0.715. The number of rotatable bonds is 4. The largest absolute Gasteiger partial charge is 0.481 e. The Morgan fingerprint density at radius 1 is 1.30 bits per heavy atom. The van der Waals surface area contributed by atoms with Crippen molar-refractivity contribution >= 4 is 11.9 Å². The summed E-state index contributed by atoms with van der Waals surface area (Å²) in [4.78, 5) is 23.3. The van der Waals surface area contributed by atoms with E-state index in [2.05, 4.69) is 5.32 Å². The van der Waals surface area contributed by atoms with Gasteiger partial charge < -0.3 is 14.8 Å². The van der Waals surface area contributed by atoms with Gasteiger partial charge in [-0.2, -0.15) is 0 Å². The van der Waals surface area contributed by atoms with Crippen LogP contribution in [0.5, 0.6) is 0 Å². The molecular weight excluding hydrogens is 258 g/mol. The first-order valence-electron chi connectivity index (χ1n) is 7.22. The number of carboxylic acid groups (broad SMARTS) is 1. The van der Waals surface area contributed by atoms with Crippen LogP contribution in [0.25, 0.3) is 0 Å². The quantitative estimate of drug-likeness (QED) is 0.882. The van der Waals surface area contributed by atoms with Crippen LogP contribution in [0.2, 0.25) is 0 Å². The van der Waals surface area contributed by atoms with E-state index in [4.69, 9.17) is 4.42 Å². The summed E-state index contributed by atoms with van der Waals surface area (Å²) in [5, 5.41) is 12.1. The monoisotopic (exact) mass is 275 g/mol. The highest BCUT2D eigenvalue weighted by molar-refractivity contribution is 5.92. The molecule has 0 aromatic carbocycles. The molecule has 3 atom stereocenters. The lowest BCUT2D eigenvalue weighted by Gasteiger charge is -2.14. The Hall–Kier alpha value is -1.78. The van der Waals surface area contributed by atoms with Crippen molar-refractivity contribution in [2.75, 3.05) is 0 Å². The first-order valence-corrected chi connectivity index (χ1v) is 7.22. The first-order chi connectivity index (χ1) is 9.58. The summed E-state index contributed by atoms with van der Waals surface area (Å²) in [6.45, 7) is 0. The van der Waals surface area contributed by atoms with Gasteiger partial charge >= 0.3 is 5.97 Å². The van der Waals surface area contributed by atoms with Crippen LogP contribution in [0.3, 0.4) is 0 Å². The third-order valence-corrected chi connectivity index (χ3v) is 5.00. The lowest BCUT2D eigenvalue weighted by molar-refractivity contribution is -0.143. The third kappa shape index (κ3) is 1.76. The minimum Gasteiger partial charge on any atom is -0.481 e. The molecule has 1 aromatic heterocycles. The molecule has 20 heavy (non-hydrogen) atoms. The highest BCUT2D eigenvalue weighted by Gasteiger charge is 2.65. The summed E-state index contributed by atoms with van der Waals surface area (Å²) in [6.07, 6.45) is 4.37. The van der Waals surface area contributed by atoms with Gasteiger partial charge in [-0.25, -0.2) is 0 Å². The number of carbonyl (C=O) groups is 2. The van der Waals surface area contributed by atoms with E-state index >= 15 is 0 Å². The zero-order chi connectivity index (χ0) is 13.9. The van der Waals surface area contributed by atoms with Gasteiger partial charge in [-0.15, -0.1) is 0 Å². The molecule has 3 saturated carbocycles. The SMILES string of the molecule is O=C(N[C@H]1C[C@@H]2C[C@]2(C(=O)O)C1)c1ccc(C2CC2)o1. The molecule has 1 aromatic rings. The normalized spacial score (nSPS) is 34.6. The van der Waals surface area contributed by atoms with Crippen molar-refractivity contribution in [3.63, 3.8) is 0 Å². The van der Waals surface area contributed by atoms with Crippen LogP contribution in [0.4, 0.5) is 0 Å². The average molecular weight is 275 g/mol. The second-order valence-electron chi connectivity index (χ2n) is 6.45. The maximum Gasteiger partial charge on any atom is 0.310 e. The molecular formula is C15H17NO4. The molecule has 5 heteroatoms. The van der Waals surface area contributed by atoms with E-state index in [0.717, 1.165) is 31.4 Å². The molecule has 4 rings (SSSR count). The predicted octanol–water partition coefficient (Wildman–Crippen LogP) is 2.14. The minimum absolute atomic E-state index is 0.0353. The summed E-state index contributed by atoms with van der Waals surface area (Å²) < 4.78 is 5.56. The molecule has 0 aliphatic heterocycles. The van der Waals surface area contributed by atoms with Gasteiger partial charge in [0.05, 0.1) is 5.41 Å². The number of hydrogen-bond acceptors (Lipinski definition) is 3. The maximum atomic E-state index is 12.1. The Labute approximate surface area is 116 Å². The zero-order valence-electron chi connectivity index (χ0n) is 11.1. The summed E-state index contributed by atoms with van der Waals surface area (Å²) in [5.74, 6) is 1.04. The fraction of sp³-hybridized carbons (Fsp3) is 0.600. The van der Waals surface area contributed by atoms with E-state index in [0.29, 0.717) is 18.1 Å². The molecule has 0 bridgehead atoms. The van der Waals surface area contributed by atoms with Crippen LogP contribution in [-0.4, -0.2) is 23.0 Å². The molecule has 0 saturated heterocycles. The molecule has 3 aliphatic rings. The van der Waals surface area contributed by atoms with Crippen LogP contribution >= 0.6 is 0 Å². The summed E-state index contributed by atoms with van der Waals surface area (Å²) in [5.41, 5.74) is -0.555. The number of furan rings is 1. The highest BCUT2D eigenvalue weighted by atomic mass is 16.4. The fourth-order valence-corrected chi connectivity index (χ4v) is 3.58. The van der Waals surface area contributed by atoms with E-state index < -0.39 is 11.4 Å². The predicted molar refractivity (Wildman–Crippen MR) is 69.3 cm³/mol. The van der Waals surface area contributed by atoms with E-state index in [-0.39, 0.29) is 17.9 Å². The molecule has 1 amide bonds. The van der Waals surface area contributed by atoms with Crippen molar-refractivity contribution in [1.29, 1.82) is 0 Å². The molecule has 1 heterocycles. The standard InChI is InChI=1S/C15H17NO4/c17-13(12-4-3-11(20-12)8-1-2-8)16-10-5-9-6-15(9,7-10)14(18)19/h3-4,8-10H,1-2,5-7H2,(H,16,17)(H,18,19)/t9-,10+,15+/m1/s1. The Kier molecular flexibility index (Phi) is 2.32. The Balaban J connectivity index is 1.39. The van der Waals surface area contributed by atoms with E-state index in [9.17, 15) is 14.7 Å².